The second kappa shape index (κ2) is 7.99. The molecule has 3 heterocycles. The van der Waals surface area contributed by atoms with Gasteiger partial charge < -0.3 is 9.09 Å². The molecule has 0 N–H and O–H groups in total. The summed E-state index contributed by atoms with van der Waals surface area (Å²) >= 11 is 0. The third-order valence-corrected chi connectivity index (χ3v) is 7.07. The molecule has 1 unspecified atom stereocenters. The molecule has 2 aliphatic rings. The van der Waals surface area contributed by atoms with E-state index in [0.717, 1.165) is 43.3 Å². The van der Waals surface area contributed by atoms with E-state index in [2.05, 4.69) is 57.8 Å². The number of hydrogen-bond acceptors (Lipinski definition) is 5. The molecular formula is C24H31N5O. The molecule has 0 bridgehead atoms. The molecule has 1 saturated heterocycles. The third kappa shape index (κ3) is 3.47. The largest absolute Gasteiger partial charge is 0.338 e. The SMILES string of the molecule is Cc1ccc(C2(c3noc(CN4CCCCC4c4nccn4C)n3)CCCC2)cc1. The zero-order chi connectivity index (χ0) is 20.6. The lowest BCUT2D eigenvalue weighted by Crippen LogP contribution is -2.34. The van der Waals surface area contributed by atoms with Crippen molar-refractivity contribution in [3.05, 3.63) is 65.3 Å². The Bertz CT molecular complexity index is 983. The highest BCUT2D eigenvalue weighted by molar-refractivity contribution is 5.35. The summed E-state index contributed by atoms with van der Waals surface area (Å²) in [6, 6.07) is 9.20. The standard InChI is InChI=1S/C24H31N5O/c1-18-8-10-19(11-9-18)24(12-4-5-13-24)23-26-21(30-27-23)17-29-15-6-3-7-20(29)22-25-14-16-28(22)2/h8-11,14,16,20H,3-7,12-13,15,17H2,1-2H3. The molecule has 2 aromatic heterocycles. The lowest BCUT2D eigenvalue weighted by atomic mass is 9.78. The van der Waals surface area contributed by atoms with Gasteiger partial charge in [-0.15, -0.1) is 0 Å². The maximum atomic E-state index is 5.82. The van der Waals surface area contributed by atoms with E-state index in [-0.39, 0.29) is 5.41 Å². The predicted molar refractivity (Wildman–Crippen MR) is 115 cm³/mol. The van der Waals surface area contributed by atoms with E-state index in [1.54, 1.807) is 0 Å². The first-order chi connectivity index (χ1) is 14.7. The van der Waals surface area contributed by atoms with Gasteiger partial charge in [-0.1, -0.05) is 54.2 Å². The molecular weight excluding hydrogens is 374 g/mol. The predicted octanol–water partition coefficient (Wildman–Crippen LogP) is 4.70. The van der Waals surface area contributed by atoms with Crippen LogP contribution in [0.3, 0.4) is 0 Å². The van der Waals surface area contributed by atoms with Crippen LogP contribution in [0.15, 0.2) is 41.2 Å². The Morgan fingerprint density at radius 2 is 1.90 bits per heavy atom. The van der Waals surface area contributed by atoms with Crippen LogP contribution in [0.25, 0.3) is 0 Å². The quantitative estimate of drug-likeness (QED) is 0.616. The van der Waals surface area contributed by atoms with E-state index in [1.807, 2.05) is 12.4 Å². The topological polar surface area (TPSA) is 60.0 Å². The number of aromatic nitrogens is 4. The molecule has 1 atom stereocenters. The van der Waals surface area contributed by atoms with Gasteiger partial charge in [0, 0.05) is 19.4 Å². The van der Waals surface area contributed by atoms with Crippen LogP contribution in [0.5, 0.6) is 0 Å². The monoisotopic (exact) mass is 405 g/mol. The zero-order valence-corrected chi connectivity index (χ0v) is 18.0. The van der Waals surface area contributed by atoms with Crippen LogP contribution in [0.4, 0.5) is 0 Å². The molecule has 0 radical (unpaired) electrons. The van der Waals surface area contributed by atoms with Crippen molar-refractivity contribution in [1.29, 1.82) is 0 Å². The molecule has 6 nitrogen and oxygen atoms in total. The van der Waals surface area contributed by atoms with Crippen LogP contribution in [0.1, 0.15) is 79.7 Å². The average Bonchev–Trinajstić information content (AvgIpc) is 3.50. The summed E-state index contributed by atoms with van der Waals surface area (Å²) in [5.41, 5.74) is 2.50. The van der Waals surface area contributed by atoms with Crippen molar-refractivity contribution in [2.45, 2.75) is 69.9 Å². The van der Waals surface area contributed by atoms with E-state index in [9.17, 15) is 0 Å². The minimum Gasteiger partial charge on any atom is -0.338 e. The molecule has 30 heavy (non-hydrogen) atoms. The maximum absolute atomic E-state index is 5.82. The van der Waals surface area contributed by atoms with E-state index < -0.39 is 0 Å². The van der Waals surface area contributed by atoms with Gasteiger partial charge in [-0.3, -0.25) is 4.90 Å². The summed E-state index contributed by atoms with van der Waals surface area (Å²) in [5.74, 6) is 2.72. The number of piperidine rings is 1. The third-order valence-electron chi connectivity index (χ3n) is 7.07. The Kier molecular flexibility index (Phi) is 5.19. The molecule has 1 saturated carbocycles. The summed E-state index contributed by atoms with van der Waals surface area (Å²) in [5, 5.41) is 4.51. The summed E-state index contributed by atoms with van der Waals surface area (Å²) in [7, 11) is 2.07. The van der Waals surface area contributed by atoms with E-state index in [0.29, 0.717) is 12.6 Å². The minimum atomic E-state index is -0.101. The molecule has 1 aliphatic carbocycles. The first-order valence-electron chi connectivity index (χ1n) is 11.3. The average molecular weight is 406 g/mol. The summed E-state index contributed by atoms with van der Waals surface area (Å²) < 4.78 is 7.95. The first kappa shape index (κ1) is 19.5. The van der Waals surface area contributed by atoms with Gasteiger partial charge in [-0.25, -0.2) is 4.98 Å². The summed E-state index contributed by atoms with van der Waals surface area (Å²) in [4.78, 5) is 12.0. The number of imidazole rings is 1. The van der Waals surface area contributed by atoms with Crippen LogP contribution in [0.2, 0.25) is 0 Å². The van der Waals surface area contributed by atoms with E-state index >= 15 is 0 Å². The van der Waals surface area contributed by atoms with Gasteiger partial charge >= 0.3 is 0 Å². The van der Waals surface area contributed by atoms with Crippen LogP contribution in [0, 0.1) is 6.92 Å². The number of benzene rings is 1. The Balaban J connectivity index is 1.40. The molecule has 1 aromatic carbocycles. The van der Waals surface area contributed by atoms with Gasteiger partial charge in [0.2, 0.25) is 5.89 Å². The van der Waals surface area contributed by atoms with Crippen molar-refractivity contribution in [3.8, 4) is 0 Å². The lowest BCUT2D eigenvalue weighted by molar-refractivity contribution is 0.116. The van der Waals surface area contributed by atoms with Crippen molar-refractivity contribution in [1.82, 2.24) is 24.6 Å². The zero-order valence-electron chi connectivity index (χ0n) is 18.0. The highest BCUT2D eigenvalue weighted by Gasteiger charge is 2.41. The minimum absolute atomic E-state index is 0.101. The molecule has 1 aliphatic heterocycles. The number of likely N-dealkylation sites (tertiary alicyclic amines) is 1. The molecule has 158 valence electrons. The first-order valence-corrected chi connectivity index (χ1v) is 11.3. The highest BCUT2D eigenvalue weighted by atomic mass is 16.5. The van der Waals surface area contributed by atoms with Crippen LogP contribution >= 0.6 is 0 Å². The highest BCUT2D eigenvalue weighted by Crippen LogP contribution is 2.45. The van der Waals surface area contributed by atoms with Crippen molar-refractivity contribution in [3.63, 3.8) is 0 Å². The van der Waals surface area contributed by atoms with Crippen LogP contribution in [-0.4, -0.2) is 31.1 Å². The smallest absolute Gasteiger partial charge is 0.240 e. The van der Waals surface area contributed by atoms with E-state index in [4.69, 9.17) is 9.51 Å². The second-order valence-electron chi connectivity index (χ2n) is 9.05. The number of hydrogen-bond donors (Lipinski definition) is 0. The normalized spacial score (nSPS) is 21.9. The summed E-state index contributed by atoms with van der Waals surface area (Å²) in [6.45, 7) is 3.86. The van der Waals surface area contributed by atoms with Crippen LogP contribution in [-0.2, 0) is 19.0 Å². The van der Waals surface area contributed by atoms with Gasteiger partial charge in [-0.2, -0.15) is 4.98 Å². The molecule has 5 rings (SSSR count). The second-order valence-corrected chi connectivity index (χ2v) is 9.05. The van der Waals surface area contributed by atoms with Gasteiger partial charge in [0.25, 0.3) is 0 Å². The molecule has 0 amide bonds. The van der Waals surface area contributed by atoms with Crippen LogP contribution < -0.4 is 0 Å². The fraction of sp³-hybridized carbons (Fsp3) is 0.542. The molecule has 6 heteroatoms. The van der Waals surface area contributed by atoms with Crippen molar-refractivity contribution < 1.29 is 4.52 Å². The Hall–Kier alpha value is -2.47. The molecule has 2 fully saturated rings. The van der Waals surface area contributed by atoms with Crippen molar-refractivity contribution >= 4 is 0 Å². The maximum Gasteiger partial charge on any atom is 0.240 e. The fourth-order valence-corrected chi connectivity index (χ4v) is 5.35. The number of rotatable bonds is 5. The Labute approximate surface area is 178 Å². The van der Waals surface area contributed by atoms with Gasteiger partial charge in [0.1, 0.15) is 5.82 Å². The summed E-state index contributed by atoms with van der Waals surface area (Å²) in [6.07, 6.45) is 12.1. The molecule has 3 aromatic rings. The number of aryl methyl sites for hydroxylation is 2. The Morgan fingerprint density at radius 1 is 1.10 bits per heavy atom. The fourth-order valence-electron chi connectivity index (χ4n) is 5.35. The van der Waals surface area contributed by atoms with Gasteiger partial charge in [-0.05, 0) is 44.7 Å². The van der Waals surface area contributed by atoms with Gasteiger partial charge in [0.15, 0.2) is 5.82 Å². The Morgan fingerprint density at radius 3 is 2.63 bits per heavy atom. The van der Waals surface area contributed by atoms with Crippen molar-refractivity contribution in [2.75, 3.05) is 6.54 Å². The van der Waals surface area contributed by atoms with E-state index in [1.165, 1.54) is 36.8 Å². The molecule has 0 spiro atoms. The lowest BCUT2D eigenvalue weighted by Gasteiger charge is -2.34. The van der Waals surface area contributed by atoms with Gasteiger partial charge in [0.05, 0.1) is 18.0 Å². The number of nitrogens with zero attached hydrogens (tertiary/aromatic N) is 5. The van der Waals surface area contributed by atoms with Crippen molar-refractivity contribution in [2.24, 2.45) is 7.05 Å².